The lowest BCUT2D eigenvalue weighted by atomic mass is 9.82. The topological polar surface area (TPSA) is 74.3 Å². The van der Waals surface area contributed by atoms with Crippen LogP contribution in [0.25, 0.3) is 208 Å². The number of nitrogens with zero attached hydrogens (tertiary/aromatic N) is 7. The van der Waals surface area contributed by atoms with Crippen LogP contribution >= 0.6 is 22.7 Å². The van der Waals surface area contributed by atoms with Crippen molar-refractivity contribution in [2.24, 2.45) is 0 Å². The van der Waals surface area contributed by atoms with Gasteiger partial charge in [0.25, 0.3) is 0 Å². The second-order valence-electron chi connectivity index (χ2n) is 32.2. The van der Waals surface area contributed by atoms with E-state index in [-0.39, 0.29) is 10.8 Å². The Labute approximate surface area is 690 Å². The summed E-state index contributed by atoms with van der Waals surface area (Å²) in [5, 5.41) is 10.2. The van der Waals surface area contributed by atoms with Crippen molar-refractivity contribution >= 4 is 107 Å². The largest absolute Gasteiger partial charge is 0.309 e. The van der Waals surface area contributed by atoms with Crippen molar-refractivity contribution in [3.63, 3.8) is 0 Å². The normalized spacial score (nSPS) is 13.1. The summed E-state index contributed by atoms with van der Waals surface area (Å²) in [7, 11) is 0. The predicted molar refractivity (Wildman–Crippen MR) is 495 cm³/mol. The molecule has 0 amide bonds. The maximum atomic E-state index is 5.12. The van der Waals surface area contributed by atoms with E-state index in [1.54, 1.807) is 0 Å². The minimum Gasteiger partial charge on any atom is -0.309 e. The van der Waals surface area contributed by atoms with Crippen molar-refractivity contribution in [1.29, 1.82) is 0 Å². The summed E-state index contributed by atoms with van der Waals surface area (Å²) in [6.45, 7) is 9.47. The molecular weight excluding hydrogens is 1470 g/mol. The number of thiophene rings is 2. The fraction of sp³-hybridized carbons (Fsp3) is 0.0550. The van der Waals surface area contributed by atoms with E-state index < -0.39 is 0 Å². The van der Waals surface area contributed by atoms with Crippen LogP contribution in [0.5, 0.6) is 0 Å². The van der Waals surface area contributed by atoms with Crippen LogP contribution < -0.4 is 0 Å². The van der Waals surface area contributed by atoms with Crippen molar-refractivity contribution in [1.82, 2.24) is 34.1 Å². The molecule has 0 saturated heterocycles. The highest BCUT2D eigenvalue weighted by Crippen LogP contribution is 2.55. The zero-order chi connectivity index (χ0) is 78.5. The van der Waals surface area contributed by atoms with Gasteiger partial charge < -0.3 is 9.13 Å². The van der Waals surface area contributed by atoms with Crippen LogP contribution in [0, 0.1) is 0 Å². The van der Waals surface area contributed by atoms with Gasteiger partial charge in [-0.3, -0.25) is 0 Å². The van der Waals surface area contributed by atoms with Gasteiger partial charge in [-0.2, -0.15) is 0 Å². The molecule has 556 valence electrons. The summed E-state index contributed by atoms with van der Waals surface area (Å²) in [4.78, 5) is 25.2. The van der Waals surface area contributed by atoms with Gasteiger partial charge in [-0.1, -0.05) is 319 Å². The zero-order valence-electron chi connectivity index (χ0n) is 65.2. The molecule has 0 N–H and O–H groups in total. The molecule has 0 unspecified atom stereocenters. The number of aromatic nitrogens is 7. The Balaban J connectivity index is 0.000000138. The lowest BCUT2D eigenvalue weighted by Crippen LogP contribution is -2.15. The van der Waals surface area contributed by atoms with Crippen LogP contribution in [-0.2, 0) is 10.8 Å². The molecule has 118 heavy (non-hydrogen) atoms. The van der Waals surface area contributed by atoms with E-state index in [9.17, 15) is 0 Å². The first-order chi connectivity index (χ1) is 58.0. The molecule has 7 nitrogen and oxygen atoms in total. The van der Waals surface area contributed by atoms with Crippen LogP contribution in [0.3, 0.4) is 0 Å². The van der Waals surface area contributed by atoms with Crippen LogP contribution in [0.1, 0.15) is 49.9 Å². The second kappa shape index (κ2) is 27.2. The first kappa shape index (κ1) is 69.2. The van der Waals surface area contributed by atoms with Gasteiger partial charge in [0.1, 0.15) is 0 Å². The Morgan fingerprint density at radius 3 is 0.941 bits per heavy atom. The summed E-state index contributed by atoms with van der Waals surface area (Å²) < 4.78 is 10.1. The molecule has 2 aliphatic carbocycles. The number of hydrogen-bond donors (Lipinski definition) is 0. The number of hydrogen-bond acceptors (Lipinski definition) is 7. The van der Waals surface area contributed by atoms with Crippen LogP contribution in [0.15, 0.2) is 370 Å². The maximum Gasteiger partial charge on any atom is 0.164 e. The summed E-state index contributed by atoms with van der Waals surface area (Å²) in [5.41, 5.74) is 30.4. The molecule has 9 heteroatoms. The van der Waals surface area contributed by atoms with Gasteiger partial charge in [0, 0.05) is 129 Å². The maximum absolute atomic E-state index is 5.12. The number of benzene rings is 16. The third-order valence-electron chi connectivity index (χ3n) is 24.7. The van der Waals surface area contributed by atoms with Gasteiger partial charge in [-0.25, -0.2) is 24.9 Å². The Kier molecular flexibility index (Phi) is 15.9. The lowest BCUT2D eigenvalue weighted by molar-refractivity contribution is 0.661. The van der Waals surface area contributed by atoms with Gasteiger partial charge in [0.15, 0.2) is 23.3 Å². The van der Waals surface area contributed by atoms with Gasteiger partial charge in [0.2, 0.25) is 0 Å². The van der Waals surface area contributed by atoms with Crippen molar-refractivity contribution < 1.29 is 0 Å². The summed E-state index contributed by atoms with van der Waals surface area (Å²) in [6.07, 6.45) is 0. The van der Waals surface area contributed by atoms with E-state index in [1.165, 1.54) is 140 Å². The molecule has 16 aromatic carbocycles. The third-order valence-corrected chi connectivity index (χ3v) is 27.1. The molecule has 0 aliphatic heterocycles. The molecule has 2 aliphatic rings. The van der Waals surface area contributed by atoms with Crippen molar-refractivity contribution in [2.75, 3.05) is 0 Å². The van der Waals surface area contributed by atoms with Crippen molar-refractivity contribution in [3.05, 3.63) is 392 Å². The fourth-order valence-electron chi connectivity index (χ4n) is 18.8. The molecule has 0 atom stereocenters. The Morgan fingerprint density at radius 2 is 0.534 bits per heavy atom. The number of para-hydroxylation sites is 2. The van der Waals surface area contributed by atoms with Crippen molar-refractivity contribution in [2.45, 2.75) is 38.5 Å². The van der Waals surface area contributed by atoms with E-state index >= 15 is 0 Å². The Hall–Kier alpha value is -14.4. The molecule has 0 fully saturated rings. The predicted octanol–water partition coefficient (Wildman–Crippen LogP) is 29.2. The molecule has 0 spiro atoms. The van der Waals surface area contributed by atoms with E-state index in [0.717, 1.165) is 67.3 Å². The summed E-state index contributed by atoms with van der Waals surface area (Å²) in [6, 6.07) is 133. The molecule has 22 aromatic rings. The average molecular weight is 1540 g/mol. The second-order valence-corrected chi connectivity index (χ2v) is 34.3. The highest BCUT2D eigenvalue weighted by atomic mass is 32.1. The SMILES string of the molecule is CC1(C)c2ccccc2-c2cc3c4ccccc4n(-c4cc(-c5ccc(-c6nc(-c7ccccc7)cc(-c7ccccc7)n6)cc5)c5sc6ccccc6c5c4)c3cc21.CC1(C)c2ccccc2-c2cc3c4ccccc4n(-c4cc(-c5ccc(-c6nc(-c7ccccc7)nc(-c7ccccc7)n6)cc5)c5sc6ccccc6c5c4)c3cc21. The number of rotatable bonds is 10. The van der Waals surface area contributed by atoms with Gasteiger partial charge in [-0.05, 0) is 134 Å². The summed E-state index contributed by atoms with van der Waals surface area (Å²) >= 11 is 3.73. The van der Waals surface area contributed by atoms with Crippen molar-refractivity contribution in [3.8, 4) is 124 Å². The van der Waals surface area contributed by atoms with Crippen LogP contribution in [0.2, 0.25) is 0 Å². The van der Waals surface area contributed by atoms with Crippen LogP contribution in [-0.4, -0.2) is 34.1 Å². The highest BCUT2D eigenvalue weighted by molar-refractivity contribution is 7.26. The standard InChI is InChI=1S/C55H37N3S.C54H36N4S/c1-55(2)46-22-12-9-19-39(46)43-31-44-40-20-10-13-23-50(40)58(51(44)32-47(43)55)38-29-42(53-45(30-38)41-21-11-14-24-52(41)59-53)34-25-27-37(28-26-34)54-56-48(35-15-5-3-6-16-35)33-49(57-54)36-17-7-4-8-18-36;1-54(2)45-22-12-9-19-38(45)42-31-43-39-20-10-13-23-47(39)58(48(43)32-46(42)54)37-29-41(50-44(30-37)40-21-11-14-24-49(40)59-50)33-25-27-36(28-26-33)53-56-51(34-15-5-3-6-16-34)55-52(57-53)35-17-7-4-8-18-35/h3-33H,1-2H3;3-32H,1-2H3. The molecule has 6 aromatic heterocycles. The number of fused-ring (bicyclic) bond motifs is 18. The van der Waals surface area contributed by atoms with E-state index in [2.05, 4.69) is 334 Å². The monoisotopic (exact) mass is 1540 g/mol. The summed E-state index contributed by atoms with van der Waals surface area (Å²) in [5.74, 6) is 2.66. The fourth-order valence-corrected chi connectivity index (χ4v) is 21.3. The Bertz CT molecular complexity index is 7250. The van der Waals surface area contributed by atoms with E-state index in [4.69, 9.17) is 24.9 Å². The molecular formula is C109H73N7S2. The molecule has 24 rings (SSSR count). The average Bonchev–Trinajstić information content (AvgIpc) is 1.55. The smallest absolute Gasteiger partial charge is 0.164 e. The van der Waals surface area contributed by atoms with Gasteiger partial charge >= 0.3 is 0 Å². The van der Waals surface area contributed by atoms with Gasteiger partial charge in [-0.15, -0.1) is 22.7 Å². The first-order valence-corrected chi connectivity index (χ1v) is 42.0. The first-order valence-electron chi connectivity index (χ1n) is 40.3. The zero-order valence-corrected chi connectivity index (χ0v) is 66.8. The highest BCUT2D eigenvalue weighted by Gasteiger charge is 2.38. The molecule has 6 heterocycles. The van der Waals surface area contributed by atoms with E-state index in [0.29, 0.717) is 23.3 Å². The molecule has 0 radical (unpaired) electrons. The molecule has 0 bridgehead atoms. The Morgan fingerprint density at radius 1 is 0.212 bits per heavy atom. The minimum absolute atomic E-state index is 0.103. The van der Waals surface area contributed by atoms with Crippen LogP contribution in [0.4, 0.5) is 0 Å². The van der Waals surface area contributed by atoms with E-state index in [1.807, 2.05) is 95.5 Å². The quantitative estimate of drug-likeness (QED) is 0.136. The lowest BCUT2D eigenvalue weighted by Gasteiger charge is -2.21. The third kappa shape index (κ3) is 11.2. The van der Waals surface area contributed by atoms with Gasteiger partial charge in [0.05, 0.1) is 33.5 Å². The molecule has 0 saturated carbocycles. The minimum atomic E-state index is -0.107.